The Morgan fingerprint density at radius 1 is 0.848 bits per heavy atom. The van der Waals surface area contributed by atoms with E-state index in [2.05, 4.69) is 29.9 Å². The predicted octanol–water partition coefficient (Wildman–Crippen LogP) is -1.73. The molecule has 0 radical (unpaired) electrons. The molecule has 10 atom stereocenters. The van der Waals surface area contributed by atoms with Crippen LogP contribution in [0, 0.1) is 0 Å². The Kier molecular flexibility index (Phi) is 7.36. The van der Waals surface area contributed by atoms with Gasteiger partial charge in [0.25, 0.3) is 18.9 Å². The molecule has 46 heavy (non-hydrogen) atoms. The van der Waals surface area contributed by atoms with Gasteiger partial charge in [0, 0.05) is 0 Å². The van der Waals surface area contributed by atoms with Crippen molar-refractivity contribution in [3.8, 4) is 0 Å². The molecule has 0 bridgehead atoms. The molecule has 7 rings (SSSR count). The van der Waals surface area contributed by atoms with E-state index in [0.29, 0.717) is 0 Å². The number of fused-ring (bicyclic) bond motifs is 4. The Bertz CT molecular complexity index is 1910. The van der Waals surface area contributed by atoms with E-state index in [1.165, 1.54) is 0 Å². The number of anilines is 2. The Morgan fingerprint density at radius 3 is 1.80 bits per heavy atom. The first-order valence-corrected chi connectivity index (χ1v) is 16.0. The van der Waals surface area contributed by atoms with E-state index in [1.807, 2.05) is 0 Å². The van der Waals surface area contributed by atoms with Gasteiger partial charge in [0.15, 0.2) is 47.1 Å². The monoisotopic (exact) mass is 693 g/mol. The maximum absolute atomic E-state index is 15.9. The van der Waals surface area contributed by atoms with Crippen LogP contribution in [0.2, 0.25) is 0 Å². The second kappa shape index (κ2) is 10.9. The second-order valence-electron chi connectivity index (χ2n) is 10.2. The zero-order valence-electron chi connectivity index (χ0n) is 22.6. The van der Waals surface area contributed by atoms with Crippen molar-refractivity contribution in [2.75, 3.05) is 24.7 Å². The summed E-state index contributed by atoms with van der Waals surface area (Å²) in [5, 5.41) is 0. The van der Waals surface area contributed by atoms with Gasteiger partial charge in [-0.15, -0.1) is 0 Å². The Labute approximate surface area is 251 Å². The minimum atomic E-state index is -5.47. The van der Waals surface area contributed by atoms with Crippen molar-refractivity contribution in [3.63, 3.8) is 0 Å². The molecular formula is C20H21F2N10O12P2-. The molecule has 0 spiro atoms. The molecule has 6 unspecified atom stereocenters. The number of nitrogens with one attached hydrogen (secondary N) is 2. The zero-order valence-corrected chi connectivity index (χ0v) is 24.4. The number of nitrogens with zero attached hydrogens (tertiary/aromatic N) is 6. The standard InChI is InChI=1S/C20H22F2N10O12P2/c21-7-11-5(41-17(7)31-3-25-9-13(31)27-19(23)29-15(9)33)1-39-45(35,36)44-12-6(2-40-46(37,38)43-11)42-18(8(12)22)32-4-26-10-14(32)28-20(24)30-16(10)34/h3-8,11-12,17-18H,1-2H2,(H,35,36)(H,37,38)(H3,23,27,29,33)(H3,24,28,30,34)/p-1/t5-,6-,7?,8?,11?,12?,17-,18-/m1/s1. The van der Waals surface area contributed by atoms with E-state index in [0.717, 1.165) is 21.8 Å². The molecule has 3 aliphatic rings. The van der Waals surface area contributed by atoms with Gasteiger partial charge in [0.2, 0.25) is 11.9 Å². The fraction of sp³-hybridized carbons (Fsp3) is 0.500. The largest absolute Gasteiger partial charge is 0.756 e. The highest BCUT2D eigenvalue weighted by Crippen LogP contribution is 2.53. The summed E-state index contributed by atoms with van der Waals surface area (Å²) in [5.41, 5.74) is 8.69. The number of nitrogens with two attached hydrogens (primary N) is 2. The minimum absolute atomic E-state index is 0.227. The van der Waals surface area contributed by atoms with Crippen LogP contribution in [0.25, 0.3) is 22.3 Å². The fourth-order valence-electron chi connectivity index (χ4n) is 5.31. The molecule has 7 N–H and O–H groups in total. The van der Waals surface area contributed by atoms with Crippen LogP contribution in [-0.4, -0.2) is 93.9 Å². The van der Waals surface area contributed by atoms with Crippen LogP contribution in [0.15, 0.2) is 22.2 Å². The Morgan fingerprint density at radius 2 is 1.30 bits per heavy atom. The third-order valence-electron chi connectivity index (χ3n) is 7.29. The van der Waals surface area contributed by atoms with Crippen molar-refractivity contribution >= 4 is 49.9 Å². The van der Waals surface area contributed by atoms with Gasteiger partial charge in [-0.3, -0.25) is 42.3 Å². The molecule has 4 aromatic heterocycles. The zero-order chi connectivity index (χ0) is 32.7. The van der Waals surface area contributed by atoms with Crippen molar-refractivity contribution in [2.45, 2.75) is 49.2 Å². The van der Waals surface area contributed by atoms with Crippen LogP contribution in [0.3, 0.4) is 0 Å². The van der Waals surface area contributed by atoms with Gasteiger partial charge < -0.3 is 39.8 Å². The number of phosphoric ester groups is 2. The Balaban J connectivity index is 1.18. The highest BCUT2D eigenvalue weighted by molar-refractivity contribution is 7.47. The summed E-state index contributed by atoms with van der Waals surface area (Å²) < 4.78 is 90.5. The molecule has 0 aromatic carbocycles. The van der Waals surface area contributed by atoms with Gasteiger partial charge in [-0.25, -0.2) is 23.3 Å². The minimum Gasteiger partial charge on any atom is -0.756 e. The Hall–Kier alpha value is -3.70. The number of halogens is 2. The summed E-state index contributed by atoms with van der Waals surface area (Å²) in [6, 6.07) is 0. The molecule has 3 fully saturated rings. The first-order valence-electron chi connectivity index (χ1n) is 13.0. The van der Waals surface area contributed by atoms with Crippen LogP contribution in [-0.2, 0) is 36.7 Å². The number of hydrogen-bond donors (Lipinski definition) is 5. The maximum atomic E-state index is 15.9. The number of alkyl halides is 2. The number of rotatable bonds is 2. The predicted molar refractivity (Wildman–Crippen MR) is 142 cm³/mol. The van der Waals surface area contributed by atoms with Crippen molar-refractivity contribution in [2.24, 2.45) is 0 Å². The van der Waals surface area contributed by atoms with Gasteiger partial charge in [-0.1, -0.05) is 0 Å². The lowest BCUT2D eigenvalue weighted by Gasteiger charge is -2.31. The highest BCUT2D eigenvalue weighted by Gasteiger charge is 2.54. The van der Waals surface area contributed by atoms with Gasteiger partial charge in [-0.2, -0.15) is 9.97 Å². The normalized spacial score (nSPS) is 37.1. The average Bonchev–Trinajstić information content (AvgIpc) is 3.72. The number of H-pyrrole nitrogens is 2. The molecule has 26 heteroatoms. The number of ether oxygens (including phenoxy) is 2. The van der Waals surface area contributed by atoms with Crippen LogP contribution in [0.1, 0.15) is 12.5 Å². The van der Waals surface area contributed by atoms with E-state index in [9.17, 15) is 28.5 Å². The molecule has 4 aromatic rings. The highest BCUT2D eigenvalue weighted by atomic mass is 31.2. The quantitative estimate of drug-likeness (QED) is 0.146. The molecule has 248 valence electrons. The number of imidazole rings is 2. The molecule has 0 saturated carbocycles. The van der Waals surface area contributed by atoms with Crippen molar-refractivity contribution in [3.05, 3.63) is 33.4 Å². The summed E-state index contributed by atoms with van der Waals surface area (Å²) in [5.74, 6) is -0.682. The summed E-state index contributed by atoms with van der Waals surface area (Å²) >= 11 is 0. The van der Waals surface area contributed by atoms with Gasteiger partial charge >= 0.3 is 7.82 Å². The summed E-state index contributed by atoms with van der Waals surface area (Å²) in [6.07, 6.45) is -13.7. The molecule has 3 saturated heterocycles. The number of aromatic nitrogens is 8. The van der Waals surface area contributed by atoms with Crippen molar-refractivity contribution in [1.82, 2.24) is 39.0 Å². The lowest BCUT2D eigenvalue weighted by Crippen LogP contribution is -2.38. The molecule has 3 aliphatic heterocycles. The molecular weight excluding hydrogens is 672 g/mol. The van der Waals surface area contributed by atoms with Gasteiger partial charge in [0.05, 0.1) is 25.9 Å². The smallest absolute Gasteiger partial charge is 0.472 e. The van der Waals surface area contributed by atoms with Gasteiger partial charge in [0.1, 0.15) is 24.4 Å². The van der Waals surface area contributed by atoms with Crippen molar-refractivity contribution < 1.29 is 55.3 Å². The van der Waals surface area contributed by atoms with Crippen LogP contribution in [0.5, 0.6) is 0 Å². The van der Waals surface area contributed by atoms with E-state index < -0.39 is 89.2 Å². The first kappa shape index (κ1) is 30.9. The summed E-state index contributed by atoms with van der Waals surface area (Å²) in [7, 11) is -10.7. The van der Waals surface area contributed by atoms with E-state index >= 15 is 8.78 Å². The lowest BCUT2D eigenvalue weighted by atomic mass is 10.1. The second-order valence-corrected chi connectivity index (χ2v) is 13.0. The summed E-state index contributed by atoms with van der Waals surface area (Å²) in [4.78, 5) is 67.6. The summed E-state index contributed by atoms with van der Waals surface area (Å²) in [6.45, 7) is -2.07. The number of phosphoric acid groups is 2. The topological polar surface area (TPSA) is 312 Å². The number of aromatic amines is 2. The van der Waals surface area contributed by atoms with E-state index in [-0.39, 0.29) is 34.2 Å². The SMILES string of the molecule is Nc1nc2c(ncn2[C@@H]2O[C@@H]3COP(=O)(O)OC4C(F)[C@H](n5cnc6c(=O)[nH]c(N)nc65)O[C@@H]4COP(=O)([O-])OC3C2F)c(=O)[nH]1. The van der Waals surface area contributed by atoms with Crippen molar-refractivity contribution in [1.29, 1.82) is 0 Å². The average molecular weight is 693 g/mol. The number of hydrogen-bond acceptors (Lipinski definition) is 17. The maximum Gasteiger partial charge on any atom is 0.472 e. The van der Waals surface area contributed by atoms with Crippen LogP contribution >= 0.6 is 15.6 Å². The van der Waals surface area contributed by atoms with Crippen LogP contribution in [0.4, 0.5) is 20.7 Å². The fourth-order valence-corrected chi connectivity index (χ4v) is 7.21. The number of nitrogen functional groups attached to an aromatic ring is 2. The third-order valence-corrected chi connectivity index (χ3v) is 9.24. The molecule has 7 heterocycles. The molecule has 0 aliphatic carbocycles. The van der Waals surface area contributed by atoms with Gasteiger partial charge in [-0.05, 0) is 0 Å². The molecule has 22 nitrogen and oxygen atoms in total. The third kappa shape index (κ3) is 5.31. The first-order chi connectivity index (χ1) is 21.7. The van der Waals surface area contributed by atoms with E-state index in [4.69, 9.17) is 39.0 Å². The lowest BCUT2D eigenvalue weighted by molar-refractivity contribution is -0.235. The molecule has 0 amide bonds. The van der Waals surface area contributed by atoms with Crippen LogP contribution < -0.4 is 27.5 Å². The van der Waals surface area contributed by atoms with E-state index in [1.54, 1.807) is 0 Å².